The molecule has 2 heterocycles. The molecule has 0 bridgehead atoms. The van der Waals surface area contributed by atoms with Gasteiger partial charge in [-0.25, -0.2) is 9.55 Å². The average Bonchev–Trinajstić information content (AvgIpc) is 3.15. The minimum Gasteiger partial charge on any atom is -0.465 e. The highest BCUT2D eigenvalue weighted by molar-refractivity contribution is 5.76. The average molecular weight is 318 g/mol. The van der Waals surface area contributed by atoms with Crippen molar-refractivity contribution in [3.63, 3.8) is 0 Å². The largest absolute Gasteiger partial charge is 0.465 e. The fourth-order valence-corrected chi connectivity index (χ4v) is 2.71. The highest BCUT2D eigenvalue weighted by atomic mass is 16.5. The van der Waals surface area contributed by atoms with Crippen LogP contribution in [0.25, 0.3) is 28.4 Å². The van der Waals surface area contributed by atoms with Crippen LogP contribution in [0.5, 0.6) is 6.01 Å². The Balaban J connectivity index is 1.90. The fraction of sp³-hybridized carbons (Fsp3) is 0.158. The quantitative estimate of drug-likeness (QED) is 0.616. The number of fused-ring (bicyclic) bond motifs is 1. The lowest BCUT2D eigenvalue weighted by Gasteiger charge is -2.08. The van der Waals surface area contributed by atoms with Gasteiger partial charge in [0.15, 0.2) is 11.3 Å². The van der Waals surface area contributed by atoms with Gasteiger partial charge in [0.1, 0.15) is 5.82 Å². The number of hydrogen-bond acceptors (Lipinski definition) is 3. The zero-order chi connectivity index (χ0) is 16.5. The van der Waals surface area contributed by atoms with Crippen LogP contribution in [0.4, 0.5) is 0 Å². The van der Waals surface area contributed by atoms with Crippen molar-refractivity contribution in [1.29, 1.82) is 0 Å². The predicted octanol–water partition coefficient (Wildman–Crippen LogP) is 4.12. The van der Waals surface area contributed by atoms with Crippen molar-refractivity contribution in [2.75, 3.05) is 6.61 Å². The Bertz CT molecular complexity index is 968. The van der Waals surface area contributed by atoms with E-state index in [2.05, 4.69) is 41.2 Å². The second-order valence-electron chi connectivity index (χ2n) is 5.62. The van der Waals surface area contributed by atoms with Gasteiger partial charge < -0.3 is 9.72 Å². The van der Waals surface area contributed by atoms with Crippen LogP contribution in [0.3, 0.4) is 0 Å². The number of ether oxygens (including phenoxy) is 1. The van der Waals surface area contributed by atoms with Crippen molar-refractivity contribution in [1.82, 2.24) is 19.5 Å². The summed E-state index contributed by atoms with van der Waals surface area (Å²) in [6.45, 7) is 4.57. The molecule has 5 heteroatoms. The molecule has 2 aromatic heterocycles. The SMILES string of the molecule is CCOc1nc2[nH]c(-c3ccccc3)nc2n1-c1ccc(C)cc1. The molecule has 120 valence electrons. The minimum atomic E-state index is 0.551. The molecule has 0 aliphatic carbocycles. The summed E-state index contributed by atoms with van der Waals surface area (Å²) in [5.41, 5.74) is 4.71. The van der Waals surface area contributed by atoms with Gasteiger partial charge in [-0.05, 0) is 26.0 Å². The van der Waals surface area contributed by atoms with Crippen molar-refractivity contribution in [2.45, 2.75) is 13.8 Å². The highest BCUT2D eigenvalue weighted by Gasteiger charge is 2.18. The van der Waals surface area contributed by atoms with E-state index in [1.54, 1.807) is 0 Å². The van der Waals surface area contributed by atoms with Crippen molar-refractivity contribution < 1.29 is 4.74 Å². The molecule has 4 rings (SSSR count). The summed E-state index contributed by atoms with van der Waals surface area (Å²) in [6, 6.07) is 18.8. The monoisotopic (exact) mass is 318 g/mol. The second kappa shape index (κ2) is 5.85. The van der Waals surface area contributed by atoms with Gasteiger partial charge in [0, 0.05) is 5.56 Å². The predicted molar refractivity (Wildman–Crippen MR) is 94.6 cm³/mol. The molecule has 0 amide bonds. The molecule has 0 radical (unpaired) electrons. The number of H-pyrrole nitrogens is 1. The first-order valence-corrected chi connectivity index (χ1v) is 8.00. The van der Waals surface area contributed by atoms with Crippen molar-refractivity contribution >= 4 is 11.3 Å². The lowest BCUT2D eigenvalue weighted by atomic mass is 10.2. The third-order valence-corrected chi connectivity index (χ3v) is 3.89. The Morgan fingerprint density at radius 2 is 1.75 bits per heavy atom. The number of nitrogens with one attached hydrogen (secondary N) is 1. The number of benzene rings is 2. The molecular weight excluding hydrogens is 300 g/mol. The first-order chi connectivity index (χ1) is 11.8. The third-order valence-electron chi connectivity index (χ3n) is 3.89. The summed E-state index contributed by atoms with van der Waals surface area (Å²) in [5, 5.41) is 0. The molecule has 24 heavy (non-hydrogen) atoms. The molecule has 0 saturated carbocycles. The van der Waals surface area contributed by atoms with Crippen LogP contribution in [0, 0.1) is 6.92 Å². The van der Waals surface area contributed by atoms with E-state index in [-0.39, 0.29) is 0 Å². The maximum atomic E-state index is 5.70. The Kier molecular flexibility index (Phi) is 3.54. The summed E-state index contributed by atoms with van der Waals surface area (Å²) >= 11 is 0. The van der Waals surface area contributed by atoms with E-state index in [0.29, 0.717) is 12.6 Å². The number of hydrogen-bond donors (Lipinski definition) is 1. The lowest BCUT2D eigenvalue weighted by Crippen LogP contribution is -2.02. The minimum absolute atomic E-state index is 0.551. The van der Waals surface area contributed by atoms with Crippen molar-refractivity contribution in [3.8, 4) is 23.1 Å². The van der Waals surface area contributed by atoms with Crippen LogP contribution in [-0.4, -0.2) is 26.1 Å². The number of imidazole rings is 2. The molecule has 1 N–H and O–H groups in total. The van der Waals surface area contributed by atoms with Gasteiger partial charge in [0.25, 0.3) is 0 Å². The molecule has 0 saturated heterocycles. The summed E-state index contributed by atoms with van der Waals surface area (Å²) in [6.07, 6.45) is 0. The van der Waals surface area contributed by atoms with Crippen LogP contribution < -0.4 is 4.74 Å². The van der Waals surface area contributed by atoms with Crippen LogP contribution in [-0.2, 0) is 0 Å². The Labute approximate surface area is 140 Å². The van der Waals surface area contributed by atoms with E-state index >= 15 is 0 Å². The maximum absolute atomic E-state index is 5.70. The Hall–Kier alpha value is -3.08. The molecule has 0 atom stereocenters. The van der Waals surface area contributed by atoms with E-state index in [9.17, 15) is 0 Å². The van der Waals surface area contributed by atoms with Gasteiger partial charge in [-0.15, -0.1) is 0 Å². The molecular formula is C19H18N4O. The molecule has 0 spiro atoms. The Morgan fingerprint density at radius 3 is 2.46 bits per heavy atom. The fourth-order valence-electron chi connectivity index (χ4n) is 2.71. The first kappa shape index (κ1) is 14.5. The topological polar surface area (TPSA) is 55.7 Å². The molecule has 0 aliphatic heterocycles. The van der Waals surface area contributed by atoms with E-state index in [1.165, 1.54) is 5.56 Å². The van der Waals surface area contributed by atoms with E-state index in [4.69, 9.17) is 9.72 Å². The summed E-state index contributed by atoms with van der Waals surface area (Å²) in [7, 11) is 0. The molecule has 5 nitrogen and oxygen atoms in total. The van der Waals surface area contributed by atoms with Crippen LogP contribution in [0.1, 0.15) is 12.5 Å². The summed E-state index contributed by atoms with van der Waals surface area (Å²) in [5.74, 6) is 0.803. The molecule has 0 aliphatic rings. The number of nitrogens with zero attached hydrogens (tertiary/aromatic N) is 3. The standard InChI is InChI=1S/C19H18N4O/c1-3-24-19-22-17-18(23(19)15-11-9-13(2)10-12-15)21-16(20-17)14-7-5-4-6-8-14/h4-12H,3H2,1-2H3,(H,20,21). The van der Waals surface area contributed by atoms with Crippen molar-refractivity contribution in [2.24, 2.45) is 0 Å². The van der Waals surface area contributed by atoms with Crippen LogP contribution in [0.2, 0.25) is 0 Å². The van der Waals surface area contributed by atoms with Crippen LogP contribution in [0.15, 0.2) is 54.6 Å². The zero-order valence-electron chi connectivity index (χ0n) is 13.7. The van der Waals surface area contributed by atoms with Crippen molar-refractivity contribution in [3.05, 3.63) is 60.2 Å². The maximum Gasteiger partial charge on any atom is 0.304 e. The third kappa shape index (κ3) is 2.44. The number of aryl methyl sites for hydroxylation is 1. The van der Waals surface area contributed by atoms with E-state index in [1.807, 2.05) is 41.8 Å². The molecule has 4 aromatic rings. The van der Waals surface area contributed by atoms with E-state index < -0.39 is 0 Å². The van der Waals surface area contributed by atoms with Gasteiger partial charge in [0.2, 0.25) is 0 Å². The van der Waals surface area contributed by atoms with Gasteiger partial charge in [0.05, 0.1) is 12.3 Å². The summed E-state index contributed by atoms with van der Waals surface area (Å²) in [4.78, 5) is 12.6. The number of rotatable bonds is 4. The molecule has 0 fully saturated rings. The lowest BCUT2D eigenvalue weighted by molar-refractivity contribution is 0.309. The normalized spacial score (nSPS) is 11.1. The number of aromatic nitrogens is 4. The van der Waals surface area contributed by atoms with Gasteiger partial charge in [-0.2, -0.15) is 4.98 Å². The van der Waals surface area contributed by atoms with E-state index in [0.717, 1.165) is 28.4 Å². The smallest absolute Gasteiger partial charge is 0.304 e. The number of aromatic amines is 1. The zero-order valence-corrected chi connectivity index (χ0v) is 13.7. The molecule has 2 aromatic carbocycles. The van der Waals surface area contributed by atoms with Crippen LogP contribution >= 0.6 is 0 Å². The van der Waals surface area contributed by atoms with Gasteiger partial charge >= 0.3 is 6.01 Å². The Morgan fingerprint density at radius 1 is 1.00 bits per heavy atom. The second-order valence-corrected chi connectivity index (χ2v) is 5.62. The molecule has 0 unspecified atom stereocenters. The van der Waals surface area contributed by atoms with Gasteiger partial charge in [-0.1, -0.05) is 48.0 Å². The van der Waals surface area contributed by atoms with Gasteiger partial charge in [-0.3, -0.25) is 0 Å². The first-order valence-electron chi connectivity index (χ1n) is 8.00. The highest BCUT2D eigenvalue weighted by Crippen LogP contribution is 2.27. The summed E-state index contributed by atoms with van der Waals surface area (Å²) < 4.78 is 7.65.